The van der Waals surface area contributed by atoms with Crippen LogP contribution in [0, 0.1) is 0 Å². The molecule has 0 fully saturated rings. The van der Waals surface area contributed by atoms with Crippen LogP contribution in [0.25, 0.3) is 22.2 Å². The summed E-state index contributed by atoms with van der Waals surface area (Å²) in [5.74, 6) is -0.937. The van der Waals surface area contributed by atoms with Crippen molar-refractivity contribution < 1.29 is 19.4 Å². The zero-order chi connectivity index (χ0) is 18.3. The third-order valence-corrected chi connectivity index (χ3v) is 4.53. The fourth-order valence-electron chi connectivity index (χ4n) is 3.20. The number of ether oxygens (including phenoxy) is 1. The van der Waals surface area contributed by atoms with E-state index in [0.29, 0.717) is 11.4 Å². The number of carbonyl (C=O) groups excluding carboxylic acids is 1. The molecule has 2 aromatic heterocycles. The molecule has 0 bridgehead atoms. The highest BCUT2D eigenvalue weighted by molar-refractivity contribution is 6.01. The van der Waals surface area contributed by atoms with E-state index in [1.165, 1.54) is 10.5 Å². The first-order chi connectivity index (χ1) is 12.6. The molecule has 132 valence electrons. The van der Waals surface area contributed by atoms with Crippen LogP contribution in [0.3, 0.4) is 0 Å². The van der Waals surface area contributed by atoms with Crippen LogP contribution in [-0.2, 0) is 16.0 Å². The number of aryl methyl sites for hydroxylation is 1. The number of hydrogen-bond acceptors (Lipinski definition) is 4. The average molecular weight is 351 g/mol. The first kappa shape index (κ1) is 16.1. The highest BCUT2D eigenvalue weighted by Gasteiger charge is 2.27. The summed E-state index contributed by atoms with van der Waals surface area (Å²) in [4.78, 5) is 31.8. The van der Waals surface area contributed by atoms with E-state index in [1.807, 2.05) is 18.3 Å². The lowest BCUT2D eigenvalue weighted by atomic mass is 10.0. The van der Waals surface area contributed by atoms with Crippen LogP contribution in [0.4, 0.5) is 5.69 Å². The first-order valence-electron chi connectivity index (χ1n) is 8.32. The molecular formula is C19H17N3O4. The molecule has 3 heterocycles. The molecule has 7 nitrogen and oxygen atoms in total. The summed E-state index contributed by atoms with van der Waals surface area (Å²) in [5.41, 5.74) is 4.34. The first-order valence-corrected chi connectivity index (χ1v) is 8.32. The number of fused-ring (bicyclic) bond motifs is 2. The Morgan fingerprint density at radius 1 is 1.35 bits per heavy atom. The number of nitrogens with one attached hydrogen (secondary N) is 1. The Labute approximate surface area is 149 Å². The number of pyridine rings is 1. The van der Waals surface area contributed by atoms with Gasteiger partial charge in [0.05, 0.1) is 5.69 Å². The number of amides is 1. The minimum Gasteiger partial charge on any atom is -0.482 e. The van der Waals surface area contributed by atoms with Gasteiger partial charge in [0.25, 0.3) is 5.91 Å². The quantitative estimate of drug-likeness (QED) is 0.753. The van der Waals surface area contributed by atoms with Crippen LogP contribution in [0.15, 0.2) is 36.7 Å². The Balaban J connectivity index is 1.75. The highest BCUT2D eigenvalue weighted by Crippen LogP contribution is 2.36. The Morgan fingerprint density at radius 2 is 2.19 bits per heavy atom. The molecule has 1 amide bonds. The molecule has 7 heteroatoms. The molecule has 0 atom stereocenters. The monoisotopic (exact) mass is 351 g/mol. The van der Waals surface area contributed by atoms with E-state index in [1.54, 1.807) is 12.3 Å². The zero-order valence-corrected chi connectivity index (χ0v) is 14.2. The second-order valence-electron chi connectivity index (χ2n) is 6.13. The summed E-state index contributed by atoms with van der Waals surface area (Å²) in [7, 11) is 0. The molecule has 1 aromatic carbocycles. The molecule has 1 aliphatic heterocycles. The van der Waals surface area contributed by atoms with E-state index in [0.717, 1.165) is 28.6 Å². The smallest absolute Gasteiger partial charge is 0.323 e. The van der Waals surface area contributed by atoms with Gasteiger partial charge in [0.15, 0.2) is 6.61 Å². The van der Waals surface area contributed by atoms with Gasteiger partial charge in [-0.1, -0.05) is 13.0 Å². The normalized spacial score (nSPS) is 13.6. The fraction of sp³-hybridized carbons (Fsp3) is 0.211. The molecule has 1 aliphatic rings. The topological polar surface area (TPSA) is 95.5 Å². The molecule has 4 rings (SSSR count). The van der Waals surface area contributed by atoms with E-state index < -0.39 is 5.97 Å². The summed E-state index contributed by atoms with van der Waals surface area (Å²) in [6.45, 7) is 1.54. The molecule has 0 spiro atoms. The van der Waals surface area contributed by atoms with Crippen molar-refractivity contribution in [1.29, 1.82) is 0 Å². The number of carboxylic acid groups (broad SMARTS) is 1. The molecule has 0 aliphatic carbocycles. The Hall–Kier alpha value is -3.35. The third kappa shape index (κ3) is 2.67. The number of benzene rings is 1. The van der Waals surface area contributed by atoms with Gasteiger partial charge < -0.3 is 14.8 Å². The van der Waals surface area contributed by atoms with E-state index in [-0.39, 0.29) is 19.1 Å². The minimum atomic E-state index is -1.07. The Bertz CT molecular complexity index is 1020. The van der Waals surface area contributed by atoms with Gasteiger partial charge in [0.2, 0.25) is 0 Å². The molecule has 2 N–H and O–H groups in total. The van der Waals surface area contributed by atoms with Crippen LogP contribution in [-0.4, -0.2) is 40.1 Å². The minimum absolute atomic E-state index is 0.168. The third-order valence-electron chi connectivity index (χ3n) is 4.53. The summed E-state index contributed by atoms with van der Waals surface area (Å²) < 4.78 is 5.52. The number of nitrogens with zero attached hydrogens (tertiary/aromatic N) is 2. The van der Waals surface area contributed by atoms with Gasteiger partial charge in [-0.15, -0.1) is 0 Å². The van der Waals surface area contributed by atoms with Gasteiger partial charge in [-0.25, -0.2) is 4.98 Å². The van der Waals surface area contributed by atoms with Crippen molar-refractivity contribution in [3.63, 3.8) is 0 Å². The van der Waals surface area contributed by atoms with Crippen LogP contribution in [0.2, 0.25) is 0 Å². The van der Waals surface area contributed by atoms with Gasteiger partial charge in [-0.3, -0.25) is 14.5 Å². The van der Waals surface area contributed by atoms with Gasteiger partial charge in [0, 0.05) is 23.3 Å². The SMILES string of the molecule is CCc1c[nH]c2ncc(-c3ccc4c(c3)OCC(=O)N4CC(=O)O)cc12. The standard InChI is InChI=1S/C19H17N3O4/c1-2-11-7-20-19-14(11)5-13(8-21-19)12-3-4-15-16(6-12)26-10-17(23)22(15)9-18(24)25/h3-8H,2,9-10H2,1H3,(H,20,21)(H,24,25). The van der Waals surface area contributed by atoms with E-state index in [9.17, 15) is 9.59 Å². The average Bonchev–Trinajstić information content (AvgIpc) is 3.05. The van der Waals surface area contributed by atoms with E-state index in [2.05, 4.69) is 23.0 Å². The van der Waals surface area contributed by atoms with E-state index in [4.69, 9.17) is 9.84 Å². The maximum Gasteiger partial charge on any atom is 0.323 e. The largest absolute Gasteiger partial charge is 0.482 e. The van der Waals surface area contributed by atoms with Crippen molar-refractivity contribution in [3.8, 4) is 16.9 Å². The number of aromatic amines is 1. The predicted octanol–water partition coefficient (Wildman–Crippen LogP) is 2.60. The molecular weight excluding hydrogens is 334 g/mol. The van der Waals surface area contributed by atoms with Crippen molar-refractivity contribution in [2.45, 2.75) is 13.3 Å². The van der Waals surface area contributed by atoms with Crippen molar-refractivity contribution in [3.05, 3.63) is 42.2 Å². The lowest BCUT2D eigenvalue weighted by Crippen LogP contribution is -2.41. The number of aliphatic carboxylic acids is 1. The zero-order valence-electron chi connectivity index (χ0n) is 14.2. The number of carbonyl (C=O) groups is 2. The van der Waals surface area contributed by atoms with Crippen LogP contribution >= 0.6 is 0 Å². The van der Waals surface area contributed by atoms with Crippen molar-refractivity contribution in [2.24, 2.45) is 0 Å². The Morgan fingerprint density at radius 3 is 2.96 bits per heavy atom. The van der Waals surface area contributed by atoms with Crippen molar-refractivity contribution in [1.82, 2.24) is 9.97 Å². The van der Waals surface area contributed by atoms with Gasteiger partial charge >= 0.3 is 5.97 Å². The maximum atomic E-state index is 12.0. The fourth-order valence-corrected chi connectivity index (χ4v) is 3.20. The lowest BCUT2D eigenvalue weighted by molar-refractivity contribution is -0.137. The molecule has 0 saturated heterocycles. The Kier molecular flexibility index (Phi) is 3.84. The molecule has 3 aromatic rings. The summed E-state index contributed by atoms with van der Waals surface area (Å²) in [6, 6.07) is 7.45. The van der Waals surface area contributed by atoms with Crippen molar-refractivity contribution >= 4 is 28.6 Å². The van der Waals surface area contributed by atoms with Crippen LogP contribution in [0.1, 0.15) is 12.5 Å². The number of carboxylic acids is 1. The van der Waals surface area contributed by atoms with Crippen molar-refractivity contribution in [2.75, 3.05) is 18.1 Å². The molecule has 0 radical (unpaired) electrons. The molecule has 0 saturated carbocycles. The molecule has 26 heavy (non-hydrogen) atoms. The molecule has 0 unspecified atom stereocenters. The second-order valence-corrected chi connectivity index (χ2v) is 6.13. The predicted molar refractivity (Wildman–Crippen MR) is 96.4 cm³/mol. The summed E-state index contributed by atoms with van der Waals surface area (Å²) in [5, 5.41) is 10.1. The van der Waals surface area contributed by atoms with Gasteiger partial charge in [0.1, 0.15) is 17.9 Å². The summed E-state index contributed by atoms with van der Waals surface area (Å²) >= 11 is 0. The van der Waals surface area contributed by atoms with Gasteiger partial charge in [-0.05, 0) is 35.7 Å². The lowest BCUT2D eigenvalue weighted by Gasteiger charge is -2.28. The number of anilines is 1. The second kappa shape index (κ2) is 6.18. The maximum absolute atomic E-state index is 12.0. The van der Waals surface area contributed by atoms with Gasteiger partial charge in [-0.2, -0.15) is 0 Å². The van der Waals surface area contributed by atoms with Crippen LogP contribution in [0.5, 0.6) is 5.75 Å². The number of H-pyrrole nitrogens is 1. The van der Waals surface area contributed by atoms with Crippen LogP contribution < -0.4 is 9.64 Å². The number of aromatic nitrogens is 2. The summed E-state index contributed by atoms with van der Waals surface area (Å²) in [6.07, 6.45) is 4.65. The highest BCUT2D eigenvalue weighted by atomic mass is 16.5. The number of rotatable bonds is 4. The number of hydrogen-bond donors (Lipinski definition) is 2. The van der Waals surface area contributed by atoms with E-state index >= 15 is 0 Å².